The zero-order valence-electron chi connectivity index (χ0n) is 25.2. The minimum atomic E-state index is -4.43. The van der Waals surface area contributed by atoms with Crippen LogP contribution in [0.15, 0.2) is 36.4 Å². The molecular formula is C31H42F3N3O3Si. The molecule has 1 aliphatic carbocycles. The van der Waals surface area contributed by atoms with Gasteiger partial charge in [0.25, 0.3) is 0 Å². The predicted octanol–water partition coefficient (Wildman–Crippen LogP) is 8.29. The topological polar surface area (TPSA) is 76.5 Å². The Kier molecular flexibility index (Phi) is 8.52. The summed E-state index contributed by atoms with van der Waals surface area (Å²) in [5.41, 5.74) is -0.0657. The molecule has 2 N–H and O–H groups in total. The third-order valence-electron chi connectivity index (χ3n) is 8.72. The number of alkyl halides is 3. The molecule has 4 rings (SSSR count). The Morgan fingerprint density at radius 3 is 2.32 bits per heavy atom. The smallest absolute Gasteiger partial charge is 0.416 e. The minimum Gasteiger partial charge on any atom is -0.496 e. The van der Waals surface area contributed by atoms with Gasteiger partial charge in [0.1, 0.15) is 17.4 Å². The molecule has 1 aromatic heterocycles. The summed E-state index contributed by atoms with van der Waals surface area (Å²) in [4.78, 5) is 9.17. The van der Waals surface area contributed by atoms with E-state index in [1.54, 1.807) is 33.1 Å². The van der Waals surface area contributed by atoms with Gasteiger partial charge in [0.05, 0.1) is 23.8 Å². The molecule has 1 fully saturated rings. The minimum absolute atomic E-state index is 0.0964. The van der Waals surface area contributed by atoms with Gasteiger partial charge in [-0.3, -0.25) is 0 Å². The summed E-state index contributed by atoms with van der Waals surface area (Å²) in [6.07, 6.45) is -1.84. The highest BCUT2D eigenvalue weighted by molar-refractivity contribution is 6.74. The molecule has 0 unspecified atom stereocenters. The van der Waals surface area contributed by atoms with Crippen LogP contribution in [0.2, 0.25) is 18.1 Å². The zero-order valence-corrected chi connectivity index (χ0v) is 26.2. The fourth-order valence-electron chi connectivity index (χ4n) is 5.24. The summed E-state index contributed by atoms with van der Waals surface area (Å²) in [5.74, 6) is 1.53. The van der Waals surface area contributed by atoms with Gasteiger partial charge in [0.2, 0.25) is 0 Å². The number of anilines is 1. The first kappa shape index (κ1) is 31.2. The van der Waals surface area contributed by atoms with Crippen molar-refractivity contribution in [2.75, 3.05) is 12.4 Å². The van der Waals surface area contributed by atoms with E-state index in [4.69, 9.17) is 9.16 Å². The van der Waals surface area contributed by atoms with Gasteiger partial charge in [0.15, 0.2) is 8.32 Å². The molecule has 0 radical (unpaired) electrons. The van der Waals surface area contributed by atoms with Gasteiger partial charge in [-0.1, -0.05) is 32.9 Å². The Morgan fingerprint density at radius 2 is 1.73 bits per heavy atom. The van der Waals surface area contributed by atoms with Crippen LogP contribution in [0, 0.1) is 6.92 Å². The number of aliphatic hydroxyl groups is 1. The van der Waals surface area contributed by atoms with Crippen LogP contribution < -0.4 is 10.1 Å². The quantitative estimate of drug-likeness (QED) is 0.270. The van der Waals surface area contributed by atoms with E-state index in [0.29, 0.717) is 52.3 Å². The number of aryl methyl sites for hydroxylation is 1. The van der Waals surface area contributed by atoms with Crippen molar-refractivity contribution in [3.63, 3.8) is 0 Å². The third-order valence-corrected chi connectivity index (χ3v) is 13.3. The second kappa shape index (κ2) is 11.2. The molecule has 2 aromatic carbocycles. The Balaban J connectivity index is 1.65. The number of hydrogen-bond donors (Lipinski definition) is 2. The molecule has 1 heterocycles. The van der Waals surface area contributed by atoms with Crippen molar-refractivity contribution in [2.45, 2.75) is 102 Å². The Morgan fingerprint density at radius 1 is 1.07 bits per heavy atom. The predicted molar refractivity (Wildman–Crippen MR) is 159 cm³/mol. The Bertz CT molecular complexity index is 1400. The first-order valence-electron chi connectivity index (χ1n) is 14.1. The number of methoxy groups -OCH3 is 1. The second-order valence-corrected chi connectivity index (χ2v) is 17.5. The lowest BCUT2D eigenvalue weighted by atomic mass is 9.78. The highest BCUT2D eigenvalue weighted by atomic mass is 28.4. The monoisotopic (exact) mass is 589 g/mol. The van der Waals surface area contributed by atoms with E-state index < -0.39 is 31.7 Å². The van der Waals surface area contributed by atoms with Gasteiger partial charge in [-0.25, -0.2) is 9.97 Å². The van der Waals surface area contributed by atoms with Gasteiger partial charge >= 0.3 is 6.18 Å². The van der Waals surface area contributed by atoms with E-state index in [1.807, 2.05) is 6.07 Å². The van der Waals surface area contributed by atoms with Gasteiger partial charge in [0, 0.05) is 29.2 Å². The fraction of sp³-hybridized carbons (Fsp3) is 0.548. The van der Waals surface area contributed by atoms with Gasteiger partial charge in [-0.2, -0.15) is 13.2 Å². The van der Waals surface area contributed by atoms with Crippen LogP contribution in [0.5, 0.6) is 5.75 Å². The lowest BCUT2D eigenvalue weighted by Crippen LogP contribution is -2.46. The average molecular weight is 590 g/mol. The van der Waals surface area contributed by atoms with Crippen molar-refractivity contribution >= 4 is 25.0 Å². The first-order chi connectivity index (χ1) is 18.9. The van der Waals surface area contributed by atoms with Crippen LogP contribution in [-0.2, 0) is 16.2 Å². The number of aromatic nitrogens is 2. The molecule has 1 atom stereocenters. The number of hydrogen-bond acceptors (Lipinski definition) is 6. The molecule has 1 aliphatic rings. The highest BCUT2D eigenvalue weighted by Crippen LogP contribution is 2.46. The fourth-order valence-corrected chi connectivity index (χ4v) is 6.66. The first-order valence-corrected chi connectivity index (χ1v) is 17.0. The summed E-state index contributed by atoms with van der Waals surface area (Å²) < 4.78 is 52.3. The van der Waals surface area contributed by atoms with E-state index in [1.165, 1.54) is 6.07 Å². The number of nitrogens with zero attached hydrogens (tertiary/aromatic N) is 2. The van der Waals surface area contributed by atoms with Crippen LogP contribution in [-0.4, -0.2) is 36.6 Å². The van der Waals surface area contributed by atoms with E-state index in [2.05, 4.69) is 49.1 Å². The molecule has 0 aliphatic heterocycles. The van der Waals surface area contributed by atoms with Gasteiger partial charge in [-0.05, 0) is 81.4 Å². The van der Waals surface area contributed by atoms with E-state index in [-0.39, 0.29) is 11.1 Å². The number of ether oxygens (including phenoxy) is 1. The molecule has 1 saturated carbocycles. The Labute approximate surface area is 241 Å². The maximum absolute atomic E-state index is 13.3. The summed E-state index contributed by atoms with van der Waals surface area (Å²) in [5, 5.41) is 16.0. The summed E-state index contributed by atoms with van der Waals surface area (Å²) in [6.45, 7) is 14.7. The summed E-state index contributed by atoms with van der Waals surface area (Å²) in [6, 6.07) is 8.47. The molecular weight excluding hydrogens is 547 g/mol. The van der Waals surface area contributed by atoms with Crippen molar-refractivity contribution in [3.05, 3.63) is 58.9 Å². The maximum Gasteiger partial charge on any atom is 0.416 e. The maximum atomic E-state index is 13.3. The Hall–Kier alpha value is -2.69. The number of nitrogens with one attached hydrogen (secondary N) is 1. The van der Waals surface area contributed by atoms with Crippen LogP contribution in [0.3, 0.4) is 0 Å². The van der Waals surface area contributed by atoms with Crippen LogP contribution >= 0.6 is 0 Å². The lowest BCUT2D eigenvalue weighted by Gasteiger charge is -2.43. The van der Waals surface area contributed by atoms with Crippen molar-refractivity contribution in [2.24, 2.45) is 0 Å². The number of rotatable bonds is 7. The molecule has 0 amide bonds. The molecule has 0 saturated heterocycles. The average Bonchev–Trinajstić information content (AvgIpc) is 2.88. The van der Waals surface area contributed by atoms with Crippen LogP contribution in [0.4, 0.5) is 19.0 Å². The lowest BCUT2D eigenvalue weighted by molar-refractivity contribution is -0.137. The van der Waals surface area contributed by atoms with Crippen molar-refractivity contribution in [3.8, 4) is 5.75 Å². The number of halogens is 3. The van der Waals surface area contributed by atoms with Crippen molar-refractivity contribution < 1.29 is 27.4 Å². The molecule has 6 nitrogen and oxygen atoms in total. The summed E-state index contributed by atoms with van der Waals surface area (Å²) in [7, 11) is -0.364. The van der Waals surface area contributed by atoms with E-state index >= 15 is 0 Å². The number of fused-ring (bicyclic) bond motifs is 1. The molecule has 0 spiro atoms. The molecule has 41 heavy (non-hydrogen) atoms. The summed E-state index contributed by atoms with van der Waals surface area (Å²) >= 11 is 0. The largest absolute Gasteiger partial charge is 0.496 e. The second-order valence-electron chi connectivity index (χ2n) is 12.8. The molecule has 0 bridgehead atoms. The van der Waals surface area contributed by atoms with Crippen molar-refractivity contribution in [1.29, 1.82) is 0 Å². The SMILES string of the molecule is COc1cc2nc(C)nc(N[C@H](C)c3cccc(C(F)(F)F)c3)c2cc1C1(O)CCC(O[Si](C)(C)C(C)(C)C)CC1. The van der Waals surface area contributed by atoms with Crippen molar-refractivity contribution in [1.82, 2.24) is 9.97 Å². The van der Waals surface area contributed by atoms with Gasteiger partial charge in [-0.15, -0.1) is 0 Å². The third kappa shape index (κ3) is 6.70. The zero-order chi connectivity index (χ0) is 30.4. The normalized spacial score (nSPS) is 21.1. The number of benzene rings is 2. The van der Waals surface area contributed by atoms with E-state index in [9.17, 15) is 18.3 Å². The highest BCUT2D eigenvalue weighted by Gasteiger charge is 2.43. The molecule has 224 valence electrons. The molecule has 3 aromatic rings. The molecule has 10 heteroatoms. The van der Waals surface area contributed by atoms with E-state index in [0.717, 1.165) is 25.0 Å². The van der Waals surface area contributed by atoms with Gasteiger partial charge < -0.3 is 19.6 Å². The van der Waals surface area contributed by atoms with Crippen LogP contribution in [0.1, 0.15) is 81.9 Å². The standard InChI is InChI=1S/C31H42F3N3O3Si/c1-19(21-10-9-11-22(16-21)31(32,33)34)35-28-24-17-25(27(39-6)18-26(24)36-20(2)37-28)30(38)14-12-23(13-15-30)40-41(7,8)29(3,4)5/h9-11,16-19,23,38H,12-15H2,1-8H3,(H,35,36,37)/t19-,23?,30?/m1/s1. The van der Waals surface area contributed by atoms with Crippen LogP contribution in [0.25, 0.3) is 10.9 Å².